The number of halogens is 1. The number of imidazole rings is 1. The summed E-state index contributed by atoms with van der Waals surface area (Å²) in [6.07, 6.45) is 5.44. The van der Waals surface area contributed by atoms with Crippen molar-refractivity contribution in [2.75, 3.05) is 0 Å². The van der Waals surface area contributed by atoms with E-state index in [1.54, 1.807) is 24.4 Å². The van der Waals surface area contributed by atoms with Crippen molar-refractivity contribution in [1.82, 2.24) is 19.4 Å². The molecule has 0 saturated heterocycles. The van der Waals surface area contributed by atoms with E-state index in [2.05, 4.69) is 16.0 Å². The fourth-order valence-corrected chi connectivity index (χ4v) is 3.66. The van der Waals surface area contributed by atoms with Gasteiger partial charge in [0.2, 0.25) is 5.56 Å². The summed E-state index contributed by atoms with van der Waals surface area (Å²) in [6, 6.07) is 16.4. The van der Waals surface area contributed by atoms with Crippen molar-refractivity contribution in [2.24, 2.45) is 0 Å². The Balaban J connectivity index is 1.85. The van der Waals surface area contributed by atoms with Crippen LogP contribution in [-0.4, -0.2) is 19.4 Å². The first-order valence-electron chi connectivity index (χ1n) is 8.79. The Bertz CT molecular complexity index is 1510. The molecular weight excluding hydrogens is 386 g/mol. The molecule has 4 aromatic heterocycles. The van der Waals surface area contributed by atoms with Crippen LogP contribution in [-0.2, 0) is 0 Å². The van der Waals surface area contributed by atoms with Gasteiger partial charge in [0.05, 0.1) is 22.3 Å². The van der Waals surface area contributed by atoms with Crippen molar-refractivity contribution in [3.05, 3.63) is 88.1 Å². The fourth-order valence-electron chi connectivity index (χ4n) is 3.39. The lowest BCUT2D eigenvalue weighted by Crippen LogP contribution is -2.04. The van der Waals surface area contributed by atoms with Crippen LogP contribution in [0.5, 0.6) is 0 Å². The Hall–Kier alpha value is -3.95. The lowest BCUT2D eigenvalue weighted by molar-refractivity contribution is 1.18. The van der Waals surface area contributed by atoms with Gasteiger partial charge in [-0.05, 0) is 30.3 Å². The van der Waals surface area contributed by atoms with E-state index in [4.69, 9.17) is 16.6 Å². The van der Waals surface area contributed by atoms with Gasteiger partial charge in [-0.2, -0.15) is 5.26 Å². The minimum atomic E-state index is -0.225. The number of aromatic nitrogens is 4. The predicted octanol–water partition coefficient (Wildman–Crippen LogP) is 4.43. The van der Waals surface area contributed by atoms with E-state index in [9.17, 15) is 10.1 Å². The molecule has 0 aliphatic rings. The van der Waals surface area contributed by atoms with Crippen LogP contribution in [0.4, 0.5) is 0 Å². The maximum Gasteiger partial charge on any atom is 0.249 e. The molecule has 138 valence electrons. The number of hydrogen-bond acceptors (Lipinski definition) is 4. The molecule has 5 rings (SSSR count). The fraction of sp³-hybridized carbons (Fsp3) is 0. The number of benzene rings is 1. The summed E-state index contributed by atoms with van der Waals surface area (Å²) < 4.78 is 1.85. The zero-order valence-electron chi connectivity index (χ0n) is 14.9. The number of fused-ring (bicyclic) bond motifs is 2. The monoisotopic (exact) mass is 397 g/mol. The quantitative estimate of drug-likeness (QED) is 0.477. The lowest BCUT2D eigenvalue weighted by atomic mass is 9.98. The Morgan fingerprint density at radius 2 is 2.00 bits per heavy atom. The van der Waals surface area contributed by atoms with Crippen LogP contribution in [0.1, 0.15) is 5.56 Å². The maximum absolute atomic E-state index is 11.8. The van der Waals surface area contributed by atoms with Gasteiger partial charge in [0, 0.05) is 46.7 Å². The molecular formula is C22H12ClN5O. The Labute approximate surface area is 169 Å². The van der Waals surface area contributed by atoms with E-state index in [-0.39, 0.29) is 5.56 Å². The molecule has 0 radical (unpaired) electrons. The molecule has 0 aliphatic carbocycles. The van der Waals surface area contributed by atoms with Gasteiger partial charge < -0.3 is 9.38 Å². The highest BCUT2D eigenvalue weighted by Gasteiger charge is 2.15. The molecule has 0 atom stereocenters. The average Bonchev–Trinajstić information content (AvgIpc) is 3.22. The Morgan fingerprint density at radius 3 is 2.86 bits per heavy atom. The number of hydrogen-bond donors (Lipinski definition) is 1. The minimum absolute atomic E-state index is 0.225. The average molecular weight is 398 g/mol. The lowest BCUT2D eigenvalue weighted by Gasteiger charge is -2.12. The SMILES string of the molecule is N#Cc1cccc(-c2nc3[nH]c(=O)ccc3cc2-c2cc(Cl)c3nccn3c2)c1. The third kappa shape index (κ3) is 2.94. The number of H-pyrrole nitrogens is 1. The molecule has 0 bridgehead atoms. The topological polar surface area (TPSA) is 86.8 Å². The number of pyridine rings is 3. The van der Waals surface area contributed by atoms with Gasteiger partial charge in [-0.3, -0.25) is 4.79 Å². The number of nitriles is 1. The van der Waals surface area contributed by atoms with E-state index in [1.165, 1.54) is 6.07 Å². The molecule has 5 aromatic rings. The predicted molar refractivity (Wildman–Crippen MR) is 112 cm³/mol. The highest BCUT2D eigenvalue weighted by Crippen LogP contribution is 2.35. The van der Waals surface area contributed by atoms with Crippen molar-refractivity contribution in [3.63, 3.8) is 0 Å². The molecule has 6 nitrogen and oxygen atoms in total. The van der Waals surface area contributed by atoms with Crippen molar-refractivity contribution in [2.45, 2.75) is 0 Å². The summed E-state index contributed by atoms with van der Waals surface area (Å²) in [4.78, 5) is 23.5. The van der Waals surface area contributed by atoms with Crippen molar-refractivity contribution in [3.8, 4) is 28.5 Å². The van der Waals surface area contributed by atoms with Gasteiger partial charge in [0.1, 0.15) is 5.65 Å². The van der Waals surface area contributed by atoms with E-state index in [0.29, 0.717) is 27.6 Å². The van der Waals surface area contributed by atoms with Crippen LogP contribution in [0.3, 0.4) is 0 Å². The molecule has 0 amide bonds. The van der Waals surface area contributed by atoms with Crippen molar-refractivity contribution < 1.29 is 0 Å². The number of rotatable bonds is 2. The smallest absolute Gasteiger partial charge is 0.249 e. The summed E-state index contributed by atoms with van der Waals surface area (Å²) in [7, 11) is 0. The van der Waals surface area contributed by atoms with E-state index in [0.717, 1.165) is 22.1 Å². The second kappa shape index (κ2) is 6.59. The van der Waals surface area contributed by atoms with E-state index >= 15 is 0 Å². The van der Waals surface area contributed by atoms with Gasteiger partial charge in [0.25, 0.3) is 0 Å². The summed E-state index contributed by atoms with van der Waals surface area (Å²) in [5.74, 6) is 0. The highest BCUT2D eigenvalue weighted by molar-refractivity contribution is 6.33. The molecule has 29 heavy (non-hydrogen) atoms. The highest BCUT2D eigenvalue weighted by atomic mass is 35.5. The summed E-state index contributed by atoms with van der Waals surface area (Å²) in [5, 5.41) is 10.6. The minimum Gasteiger partial charge on any atom is -0.307 e. The van der Waals surface area contributed by atoms with Gasteiger partial charge in [-0.15, -0.1) is 0 Å². The molecule has 0 spiro atoms. The molecule has 0 saturated carbocycles. The van der Waals surface area contributed by atoms with Crippen LogP contribution in [0.2, 0.25) is 5.02 Å². The van der Waals surface area contributed by atoms with Crippen LogP contribution in [0.15, 0.2) is 71.9 Å². The number of nitrogens with one attached hydrogen (secondary N) is 1. The largest absolute Gasteiger partial charge is 0.307 e. The number of aromatic amines is 1. The molecule has 0 aliphatic heterocycles. The van der Waals surface area contributed by atoms with Crippen molar-refractivity contribution >= 4 is 28.3 Å². The standard InChI is InChI=1S/C22H12ClN5O/c23-18-10-16(12-28-7-6-25-22(18)28)17-9-15-4-5-19(29)26-21(15)27-20(17)14-3-1-2-13(8-14)11-24/h1-10,12H,(H,26,27,29). The van der Waals surface area contributed by atoms with Crippen LogP contribution < -0.4 is 5.56 Å². The van der Waals surface area contributed by atoms with Gasteiger partial charge in [-0.25, -0.2) is 9.97 Å². The van der Waals surface area contributed by atoms with Crippen LogP contribution >= 0.6 is 11.6 Å². The molecule has 1 aromatic carbocycles. The number of nitrogens with zero attached hydrogens (tertiary/aromatic N) is 4. The third-order valence-corrected chi connectivity index (χ3v) is 5.00. The van der Waals surface area contributed by atoms with Crippen molar-refractivity contribution in [1.29, 1.82) is 5.26 Å². The first-order chi connectivity index (χ1) is 14.1. The Morgan fingerprint density at radius 1 is 1.10 bits per heavy atom. The summed E-state index contributed by atoms with van der Waals surface area (Å²) >= 11 is 6.44. The second-order valence-electron chi connectivity index (χ2n) is 6.57. The summed E-state index contributed by atoms with van der Waals surface area (Å²) in [5.41, 5.74) is 4.54. The molecule has 0 unspecified atom stereocenters. The molecule has 0 fully saturated rings. The third-order valence-electron chi connectivity index (χ3n) is 4.73. The van der Waals surface area contributed by atoms with Gasteiger partial charge in [0.15, 0.2) is 5.65 Å². The normalized spacial score (nSPS) is 11.0. The molecule has 1 N–H and O–H groups in total. The van der Waals surface area contributed by atoms with Gasteiger partial charge >= 0.3 is 0 Å². The van der Waals surface area contributed by atoms with E-state index < -0.39 is 0 Å². The maximum atomic E-state index is 11.8. The van der Waals surface area contributed by atoms with Crippen LogP contribution in [0.25, 0.3) is 39.1 Å². The van der Waals surface area contributed by atoms with Crippen LogP contribution in [0, 0.1) is 11.3 Å². The first-order valence-corrected chi connectivity index (χ1v) is 9.17. The zero-order valence-corrected chi connectivity index (χ0v) is 15.7. The van der Waals surface area contributed by atoms with E-state index in [1.807, 2.05) is 41.1 Å². The zero-order chi connectivity index (χ0) is 20.0. The molecule has 4 heterocycles. The first kappa shape index (κ1) is 17.2. The second-order valence-corrected chi connectivity index (χ2v) is 6.98. The Kier molecular flexibility index (Phi) is 3.90. The molecule has 7 heteroatoms. The van der Waals surface area contributed by atoms with Gasteiger partial charge in [-0.1, -0.05) is 23.7 Å². The summed E-state index contributed by atoms with van der Waals surface area (Å²) in [6.45, 7) is 0.